The molecule has 0 atom stereocenters. The molecule has 0 radical (unpaired) electrons. The van der Waals surface area contributed by atoms with Crippen molar-refractivity contribution < 1.29 is 16.7 Å². The Balaban J connectivity index is 5.56. The number of unbranched alkanes of at least 4 members (excludes halogenated alkanes) is 20. The minimum absolute atomic E-state index is 0.775. The van der Waals surface area contributed by atoms with Crippen LogP contribution in [-0.2, 0) is 12.5 Å². The summed E-state index contributed by atoms with van der Waals surface area (Å²) >= 11 is 0. The van der Waals surface area contributed by atoms with Gasteiger partial charge in [0.1, 0.15) is 0 Å². The van der Waals surface area contributed by atoms with Crippen LogP contribution in [-0.4, -0.2) is 34.5 Å². The summed E-state index contributed by atoms with van der Waals surface area (Å²) in [7, 11) is -8.22. The summed E-state index contributed by atoms with van der Waals surface area (Å²) in [5, 5.41) is 0. The maximum Gasteiger partial charge on any atom is 0.532 e. The molecule has 0 aliphatic heterocycles. The summed E-state index contributed by atoms with van der Waals surface area (Å²) in [6.45, 7) is 13.3. The fraction of sp³-hybridized carbons (Fsp3) is 1.00. The van der Waals surface area contributed by atoms with Gasteiger partial charge in [-0.3, -0.25) is 0 Å². The lowest BCUT2D eigenvalue weighted by molar-refractivity contribution is 0.364. The second-order valence-corrected chi connectivity index (χ2v) is 21.7. The quantitative estimate of drug-likeness (QED) is 0.0504. The van der Waals surface area contributed by atoms with Gasteiger partial charge in [-0.05, 0) is 60.2 Å². The Morgan fingerprint density at radius 1 is 0.395 bits per heavy atom. The van der Waals surface area contributed by atoms with E-state index >= 15 is 4.20 Å². The third-order valence-electron chi connectivity index (χ3n) is 9.03. The zero-order chi connectivity index (χ0) is 32.1. The van der Waals surface area contributed by atoms with Crippen LogP contribution in [0.3, 0.4) is 0 Å². The van der Waals surface area contributed by atoms with E-state index in [1.807, 2.05) is 0 Å². The number of rotatable bonds is 34. The molecule has 0 saturated carbocycles. The smallest absolute Gasteiger partial charge is 0.233 e. The molecular formula is C36H78FO3PS2. The third-order valence-corrected chi connectivity index (χ3v) is 19.2. The molecule has 0 amide bonds. The molecule has 0 N–H and O–H groups in total. The first-order chi connectivity index (χ1) is 20.8. The molecule has 7 heteroatoms. The van der Waals surface area contributed by atoms with Crippen LogP contribution in [0, 0.1) is 0 Å². The first-order valence-corrected chi connectivity index (χ1v) is 24.6. The fourth-order valence-electron chi connectivity index (χ4n) is 6.01. The van der Waals surface area contributed by atoms with Gasteiger partial charge in [0.25, 0.3) is 0 Å². The van der Waals surface area contributed by atoms with E-state index in [1.54, 1.807) is 0 Å². The summed E-state index contributed by atoms with van der Waals surface area (Å²) < 4.78 is 42.7. The first kappa shape index (κ1) is 43.8. The molecule has 0 aromatic heterocycles. The van der Waals surface area contributed by atoms with Gasteiger partial charge in [-0.1, -0.05) is 170 Å². The Labute approximate surface area is 274 Å². The SMILES string of the molecule is CCCCCCCCS(CC)(CCCCCCCC)OP(=O)(F)OS(CC)(CCCCCCCC)CCCCCCCC. The zero-order valence-electron chi connectivity index (χ0n) is 30.1. The molecule has 0 bridgehead atoms. The van der Waals surface area contributed by atoms with Crippen molar-refractivity contribution in [3.63, 3.8) is 0 Å². The Kier molecular flexibility index (Phi) is 29.5. The molecule has 0 aromatic rings. The van der Waals surface area contributed by atoms with Crippen molar-refractivity contribution in [3.8, 4) is 0 Å². The molecule has 0 aromatic carbocycles. The highest BCUT2D eigenvalue weighted by Gasteiger charge is 2.41. The Hall–Kier alpha value is 0.780. The van der Waals surface area contributed by atoms with Crippen LogP contribution in [0.1, 0.15) is 196 Å². The molecule has 0 unspecified atom stereocenters. The minimum Gasteiger partial charge on any atom is -0.233 e. The molecule has 264 valence electrons. The van der Waals surface area contributed by atoms with Gasteiger partial charge < -0.3 is 0 Å². The van der Waals surface area contributed by atoms with Crippen LogP contribution in [0.4, 0.5) is 4.20 Å². The van der Waals surface area contributed by atoms with Crippen molar-refractivity contribution in [1.29, 1.82) is 0 Å². The van der Waals surface area contributed by atoms with Crippen molar-refractivity contribution in [2.24, 2.45) is 0 Å². The Morgan fingerprint density at radius 3 is 0.814 bits per heavy atom. The number of hydrogen-bond donors (Lipinski definition) is 0. The lowest BCUT2D eigenvalue weighted by atomic mass is 10.1. The third kappa shape index (κ3) is 23.7. The average molecular weight is 673 g/mol. The minimum atomic E-state index is -4.66. The largest absolute Gasteiger partial charge is 0.532 e. The molecule has 43 heavy (non-hydrogen) atoms. The molecule has 0 aliphatic carbocycles. The van der Waals surface area contributed by atoms with Crippen molar-refractivity contribution in [2.75, 3.05) is 34.5 Å². The second-order valence-electron chi connectivity index (χ2n) is 13.0. The highest BCUT2D eigenvalue weighted by Crippen LogP contribution is 2.73. The molecule has 0 heterocycles. The van der Waals surface area contributed by atoms with Crippen LogP contribution < -0.4 is 0 Å². The molecule has 3 nitrogen and oxygen atoms in total. The van der Waals surface area contributed by atoms with Crippen LogP contribution in [0.2, 0.25) is 0 Å². The second kappa shape index (κ2) is 29.0. The van der Waals surface area contributed by atoms with Crippen LogP contribution in [0.25, 0.3) is 0 Å². The Morgan fingerprint density at radius 2 is 0.605 bits per heavy atom. The zero-order valence-corrected chi connectivity index (χ0v) is 32.6. The van der Waals surface area contributed by atoms with Gasteiger partial charge in [-0.25, -0.2) is 12.5 Å². The van der Waals surface area contributed by atoms with Gasteiger partial charge in [0, 0.05) is 0 Å². The maximum absolute atomic E-state index is 16.3. The first-order valence-electron chi connectivity index (χ1n) is 19.0. The van der Waals surface area contributed by atoms with E-state index in [1.165, 1.54) is 103 Å². The topological polar surface area (TPSA) is 35.5 Å². The lowest BCUT2D eigenvalue weighted by Gasteiger charge is -2.43. The van der Waals surface area contributed by atoms with Gasteiger partial charge in [-0.2, -0.15) is 0 Å². The van der Waals surface area contributed by atoms with E-state index in [9.17, 15) is 4.57 Å². The number of halogens is 1. The molecule has 0 aliphatic rings. The summed E-state index contributed by atoms with van der Waals surface area (Å²) in [5.41, 5.74) is 0. The maximum atomic E-state index is 16.3. The highest BCUT2D eigenvalue weighted by atomic mass is 32.3. The van der Waals surface area contributed by atoms with E-state index in [0.29, 0.717) is 0 Å². The van der Waals surface area contributed by atoms with Crippen molar-refractivity contribution in [2.45, 2.75) is 196 Å². The summed E-state index contributed by atoms with van der Waals surface area (Å²) in [6.07, 6.45) is 28.9. The van der Waals surface area contributed by atoms with Crippen LogP contribution in [0.15, 0.2) is 0 Å². The van der Waals surface area contributed by atoms with Crippen LogP contribution >= 0.6 is 28.5 Å². The predicted octanol–water partition coefficient (Wildman–Crippen LogP) is 15.0. The van der Waals surface area contributed by atoms with Crippen LogP contribution in [0.5, 0.6) is 0 Å². The van der Waals surface area contributed by atoms with Crippen molar-refractivity contribution >= 4 is 28.5 Å². The van der Waals surface area contributed by atoms with E-state index in [2.05, 4.69) is 41.5 Å². The molecular weight excluding hydrogens is 594 g/mol. The van der Waals surface area contributed by atoms with Gasteiger partial charge in [0.2, 0.25) is 0 Å². The van der Waals surface area contributed by atoms with Crippen molar-refractivity contribution in [3.05, 3.63) is 0 Å². The Bertz CT molecular complexity index is 570. The summed E-state index contributed by atoms with van der Waals surface area (Å²) in [5.74, 6) is 5.02. The summed E-state index contributed by atoms with van der Waals surface area (Å²) in [4.78, 5) is 0. The standard InChI is InChI=1S/C36H78FO3PS2/c1-7-13-17-21-25-29-33-42(11-5,34-30-26-22-18-14-8-2)39-41(37,38)40-43(12-6,35-31-27-23-19-15-9-3)36-32-28-24-20-16-10-4/h7-36H2,1-6H3. The molecule has 0 fully saturated rings. The average Bonchev–Trinajstić information content (AvgIpc) is 2.99. The fourth-order valence-corrected chi connectivity index (χ4v) is 15.9. The van der Waals surface area contributed by atoms with Crippen molar-refractivity contribution in [1.82, 2.24) is 0 Å². The molecule has 0 saturated heterocycles. The lowest BCUT2D eigenvalue weighted by Crippen LogP contribution is -2.18. The van der Waals surface area contributed by atoms with Gasteiger partial charge in [-0.15, -0.1) is 24.8 Å². The van der Waals surface area contributed by atoms with Gasteiger partial charge in [0.15, 0.2) is 0 Å². The molecule has 0 spiro atoms. The highest BCUT2D eigenvalue weighted by molar-refractivity contribution is 8.33. The van der Waals surface area contributed by atoms with E-state index in [4.69, 9.17) is 7.94 Å². The van der Waals surface area contributed by atoms with E-state index in [0.717, 1.165) is 85.9 Å². The van der Waals surface area contributed by atoms with Gasteiger partial charge >= 0.3 is 7.91 Å². The van der Waals surface area contributed by atoms with E-state index < -0.39 is 28.5 Å². The monoisotopic (exact) mass is 673 g/mol. The predicted molar refractivity (Wildman–Crippen MR) is 200 cm³/mol. The van der Waals surface area contributed by atoms with E-state index in [-0.39, 0.29) is 0 Å². The van der Waals surface area contributed by atoms with Gasteiger partial charge in [0.05, 0.1) is 0 Å². The number of hydrogen-bond acceptors (Lipinski definition) is 3. The molecule has 0 rings (SSSR count). The normalized spacial score (nSPS) is 13.6. The summed E-state index contributed by atoms with van der Waals surface area (Å²) in [6, 6.07) is 0.